The smallest absolute Gasteiger partial charge is 0.267 e. The lowest BCUT2D eigenvalue weighted by atomic mass is 10.0. The zero-order chi connectivity index (χ0) is 16.5. The van der Waals surface area contributed by atoms with E-state index < -0.39 is 0 Å². The third-order valence-corrected chi connectivity index (χ3v) is 4.59. The van der Waals surface area contributed by atoms with Gasteiger partial charge in [0.05, 0.1) is 17.7 Å². The molecule has 0 unspecified atom stereocenters. The summed E-state index contributed by atoms with van der Waals surface area (Å²) in [6, 6.07) is 13.0. The number of nitrogens with zero attached hydrogens (tertiary/aromatic N) is 3. The van der Waals surface area contributed by atoms with Crippen molar-refractivity contribution in [3.8, 4) is 11.3 Å². The van der Waals surface area contributed by atoms with Gasteiger partial charge in [-0.1, -0.05) is 30.3 Å². The summed E-state index contributed by atoms with van der Waals surface area (Å²) in [7, 11) is 0. The number of carbonyl (C=O) groups is 1. The van der Waals surface area contributed by atoms with E-state index in [1.54, 1.807) is 17.0 Å². The molecule has 7 heteroatoms. The Kier molecular flexibility index (Phi) is 3.87. The third kappa shape index (κ3) is 2.72. The zero-order valence-corrected chi connectivity index (χ0v) is 13.2. The minimum atomic E-state index is -0.129. The quantitative estimate of drug-likeness (QED) is 0.832. The molecule has 2 fully saturated rings. The van der Waals surface area contributed by atoms with Gasteiger partial charge in [-0.2, -0.15) is 5.10 Å². The Morgan fingerprint density at radius 2 is 1.75 bits per heavy atom. The summed E-state index contributed by atoms with van der Waals surface area (Å²) < 4.78 is 1.51. The van der Waals surface area contributed by atoms with Gasteiger partial charge in [-0.05, 0) is 6.07 Å². The summed E-state index contributed by atoms with van der Waals surface area (Å²) in [5.41, 5.74) is 7.55. The number of hydrogen-bond acceptors (Lipinski definition) is 5. The van der Waals surface area contributed by atoms with Crippen LogP contribution in [-0.4, -0.2) is 46.8 Å². The highest BCUT2D eigenvalue weighted by Crippen LogP contribution is 2.23. The summed E-state index contributed by atoms with van der Waals surface area (Å²) in [6.07, 6.45) is 0. The van der Waals surface area contributed by atoms with Gasteiger partial charge in [-0.3, -0.25) is 20.4 Å². The molecule has 0 radical (unpaired) electrons. The van der Waals surface area contributed by atoms with Gasteiger partial charge in [0.25, 0.3) is 5.56 Å². The first-order valence-electron chi connectivity index (χ1n) is 8.12. The van der Waals surface area contributed by atoms with E-state index in [1.807, 2.05) is 30.3 Å². The molecule has 1 amide bonds. The summed E-state index contributed by atoms with van der Waals surface area (Å²) >= 11 is 0. The number of nitrogens with one attached hydrogen (secondary N) is 2. The molecule has 0 aliphatic carbocycles. The number of likely N-dealkylation sites (tertiary alicyclic amines) is 1. The van der Waals surface area contributed by atoms with E-state index in [0.717, 1.165) is 11.3 Å². The molecule has 24 heavy (non-hydrogen) atoms. The molecule has 0 saturated carbocycles. The molecule has 1 aromatic heterocycles. The van der Waals surface area contributed by atoms with E-state index in [4.69, 9.17) is 0 Å². The van der Waals surface area contributed by atoms with Crippen molar-refractivity contribution in [2.75, 3.05) is 26.2 Å². The van der Waals surface area contributed by atoms with Crippen molar-refractivity contribution in [3.05, 3.63) is 52.8 Å². The standard InChI is InChI=1S/C17H19N5O2/c23-16-7-6-15(12-4-2-1-3-5-12)20-22(16)14-10-21(11-14)17(24)13-8-18-19-9-13/h1-7,13-14,18-19H,8-11H2. The maximum atomic E-state index is 12.3. The second-order valence-corrected chi connectivity index (χ2v) is 6.22. The molecule has 0 bridgehead atoms. The average Bonchev–Trinajstić information content (AvgIpc) is 3.10. The Morgan fingerprint density at radius 3 is 2.46 bits per heavy atom. The SMILES string of the molecule is O=C(C1CNNC1)N1CC(n2nc(-c3ccccc3)ccc2=O)C1. The molecule has 4 rings (SSSR count). The van der Waals surface area contributed by atoms with Crippen molar-refractivity contribution >= 4 is 5.91 Å². The van der Waals surface area contributed by atoms with Crippen LogP contribution in [0.3, 0.4) is 0 Å². The minimum Gasteiger partial charge on any atom is -0.338 e. The van der Waals surface area contributed by atoms with Gasteiger partial charge in [-0.25, -0.2) is 4.68 Å². The van der Waals surface area contributed by atoms with Crippen LogP contribution in [0.2, 0.25) is 0 Å². The number of rotatable bonds is 3. The van der Waals surface area contributed by atoms with Crippen LogP contribution in [0.4, 0.5) is 0 Å². The predicted molar refractivity (Wildman–Crippen MR) is 89.0 cm³/mol. The molecule has 0 atom stereocenters. The number of carbonyl (C=O) groups excluding carboxylic acids is 1. The highest BCUT2D eigenvalue weighted by molar-refractivity contribution is 5.80. The van der Waals surface area contributed by atoms with E-state index in [1.165, 1.54) is 4.68 Å². The van der Waals surface area contributed by atoms with Crippen LogP contribution in [0.1, 0.15) is 6.04 Å². The van der Waals surface area contributed by atoms with Gasteiger partial charge in [0.1, 0.15) is 0 Å². The summed E-state index contributed by atoms with van der Waals surface area (Å²) in [5, 5.41) is 4.50. The van der Waals surface area contributed by atoms with E-state index in [-0.39, 0.29) is 23.4 Å². The fourth-order valence-electron chi connectivity index (χ4n) is 3.14. The van der Waals surface area contributed by atoms with Gasteiger partial charge in [0.2, 0.25) is 5.91 Å². The van der Waals surface area contributed by atoms with Crippen LogP contribution < -0.4 is 16.4 Å². The van der Waals surface area contributed by atoms with Crippen molar-refractivity contribution in [1.29, 1.82) is 0 Å². The molecular weight excluding hydrogens is 306 g/mol. The van der Waals surface area contributed by atoms with Crippen molar-refractivity contribution in [2.45, 2.75) is 6.04 Å². The second kappa shape index (κ2) is 6.18. The second-order valence-electron chi connectivity index (χ2n) is 6.22. The molecule has 0 spiro atoms. The monoisotopic (exact) mass is 325 g/mol. The molecule has 1 aromatic carbocycles. The lowest BCUT2D eigenvalue weighted by Gasteiger charge is -2.40. The maximum Gasteiger partial charge on any atom is 0.267 e. The van der Waals surface area contributed by atoms with Crippen LogP contribution in [0.25, 0.3) is 11.3 Å². The molecule has 3 heterocycles. The molecule has 7 nitrogen and oxygen atoms in total. The molecular formula is C17H19N5O2. The number of benzene rings is 1. The molecule has 2 aliphatic heterocycles. The maximum absolute atomic E-state index is 12.3. The zero-order valence-electron chi connectivity index (χ0n) is 13.2. The molecule has 2 aliphatic rings. The van der Waals surface area contributed by atoms with Gasteiger partial charge >= 0.3 is 0 Å². The van der Waals surface area contributed by atoms with Crippen molar-refractivity contribution in [3.63, 3.8) is 0 Å². The van der Waals surface area contributed by atoms with E-state index in [2.05, 4.69) is 16.0 Å². The third-order valence-electron chi connectivity index (χ3n) is 4.59. The first-order chi connectivity index (χ1) is 11.7. The number of hydrogen-bond donors (Lipinski definition) is 2. The summed E-state index contributed by atoms with van der Waals surface area (Å²) in [5.74, 6) is 0.113. The number of hydrazine groups is 1. The van der Waals surface area contributed by atoms with Gasteiger partial charge in [0.15, 0.2) is 0 Å². The Balaban J connectivity index is 1.49. The largest absolute Gasteiger partial charge is 0.338 e. The number of amides is 1. The Labute approximate surface area is 139 Å². The highest BCUT2D eigenvalue weighted by atomic mass is 16.2. The molecule has 2 saturated heterocycles. The Morgan fingerprint density at radius 1 is 1.04 bits per heavy atom. The molecule has 2 N–H and O–H groups in total. The van der Waals surface area contributed by atoms with E-state index in [0.29, 0.717) is 26.2 Å². The van der Waals surface area contributed by atoms with Crippen LogP contribution in [0.5, 0.6) is 0 Å². The van der Waals surface area contributed by atoms with Crippen molar-refractivity contribution in [2.24, 2.45) is 5.92 Å². The highest BCUT2D eigenvalue weighted by Gasteiger charge is 2.37. The van der Waals surface area contributed by atoms with Crippen LogP contribution in [0.15, 0.2) is 47.3 Å². The van der Waals surface area contributed by atoms with Crippen LogP contribution in [-0.2, 0) is 4.79 Å². The Hall–Kier alpha value is -2.51. The normalized spacial score (nSPS) is 18.6. The fourth-order valence-corrected chi connectivity index (χ4v) is 3.14. The fraction of sp³-hybridized carbons (Fsp3) is 0.353. The van der Waals surface area contributed by atoms with Gasteiger partial charge < -0.3 is 4.90 Å². The predicted octanol–water partition coefficient (Wildman–Crippen LogP) is 0.0176. The van der Waals surface area contributed by atoms with Gasteiger partial charge in [-0.15, -0.1) is 0 Å². The Bertz CT molecular complexity index is 792. The topological polar surface area (TPSA) is 79.3 Å². The first-order valence-corrected chi connectivity index (χ1v) is 8.12. The summed E-state index contributed by atoms with van der Waals surface area (Å²) in [6.45, 7) is 2.39. The molecule has 124 valence electrons. The lowest BCUT2D eigenvalue weighted by Crippen LogP contribution is -2.55. The van der Waals surface area contributed by atoms with E-state index in [9.17, 15) is 9.59 Å². The van der Waals surface area contributed by atoms with E-state index >= 15 is 0 Å². The first kappa shape index (κ1) is 15.0. The number of aromatic nitrogens is 2. The minimum absolute atomic E-state index is 0.0220. The molecule has 2 aromatic rings. The van der Waals surface area contributed by atoms with Crippen LogP contribution in [0, 0.1) is 5.92 Å². The lowest BCUT2D eigenvalue weighted by molar-refractivity contribution is -0.140. The van der Waals surface area contributed by atoms with Crippen molar-refractivity contribution < 1.29 is 4.79 Å². The average molecular weight is 325 g/mol. The summed E-state index contributed by atoms with van der Waals surface area (Å²) in [4.78, 5) is 26.3. The van der Waals surface area contributed by atoms with Gasteiger partial charge in [0, 0.05) is 37.8 Å². The van der Waals surface area contributed by atoms with Crippen LogP contribution >= 0.6 is 0 Å². The van der Waals surface area contributed by atoms with Crippen molar-refractivity contribution in [1.82, 2.24) is 25.5 Å².